The van der Waals surface area contributed by atoms with Crippen LogP contribution in [0, 0.1) is 11.8 Å². The molecule has 120 valence electrons. The molecule has 0 amide bonds. The summed E-state index contributed by atoms with van der Waals surface area (Å²) in [4.78, 5) is 15.0. The first kappa shape index (κ1) is 15.3. The highest BCUT2D eigenvalue weighted by Crippen LogP contribution is 2.36. The third-order valence-corrected chi connectivity index (χ3v) is 5.66. The largest absolute Gasteiger partial charge is 0.466 e. The number of rotatable bonds is 3. The van der Waals surface area contributed by atoms with E-state index in [1.807, 2.05) is 6.92 Å². The number of carbonyl (C=O) groups excluding carboxylic acids is 1. The lowest BCUT2D eigenvalue weighted by Gasteiger charge is -2.48. The molecule has 0 aromatic carbocycles. The van der Waals surface area contributed by atoms with Crippen LogP contribution in [0.15, 0.2) is 0 Å². The van der Waals surface area contributed by atoms with E-state index in [1.165, 1.54) is 51.6 Å². The van der Waals surface area contributed by atoms with E-state index in [0.29, 0.717) is 24.6 Å². The first-order valence-electron chi connectivity index (χ1n) is 8.93. The Morgan fingerprint density at radius 2 is 2.10 bits per heavy atom. The van der Waals surface area contributed by atoms with Gasteiger partial charge >= 0.3 is 5.97 Å². The summed E-state index contributed by atoms with van der Waals surface area (Å²) in [7, 11) is 0. The lowest BCUT2D eigenvalue weighted by Crippen LogP contribution is -2.57. The van der Waals surface area contributed by atoms with Gasteiger partial charge in [0.1, 0.15) is 0 Å². The van der Waals surface area contributed by atoms with Crippen molar-refractivity contribution < 1.29 is 9.53 Å². The van der Waals surface area contributed by atoms with Crippen LogP contribution in [0.3, 0.4) is 0 Å². The van der Waals surface area contributed by atoms with E-state index in [-0.39, 0.29) is 11.9 Å². The van der Waals surface area contributed by atoms with Crippen molar-refractivity contribution in [3.05, 3.63) is 0 Å². The molecule has 4 atom stereocenters. The number of esters is 1. The Labute approximate surface area is 128 Å². The summed E-state index contributed by atoms with van der Waals surface area (Å²) in [6.45, 7) is 5.92. The topological polar surface area (TPSA) is 41.6 Å². The minimum atomic E-state index is 0.0508. The standard InChI is InChI=1S/C17H30N2O2/c1-2-21-17(20)14-11-13(15-7-3-5-9-18-15)12-19-10-6-4-8-16(14)19/h13-16,18H,2-12H2,1H3. The summed E-state index contributed by atoms with van der Waals surface area (Å²) in [6, 6.07) is 1.05. The number of hydrogen-bond acceptors (Lipinski definition) is 4. The van der Waals surface area contributed by atoms with Crippen LogP contribution in [0.5, 0.6) is 0 Å². The number of nitrogens with zero attached hydrogens (tertiary/aromatic N) is 1. The van der Waals surface area contributed by atoms with Gasteiger partial charge in [0.2, 0.25) is 0 Å². The molecule has 3 aliphatic rings. The average Bonchev–Trinajstić information content (AvgIpc) is 2.55. The van der Waals surface area contributed by atoms with Gasteiger partial charge in [0.15, 0.2) is 0 Å². The van der Waals surface area contributed by atoms with Gasteiger partial charge in [-0.15, -0.1) is 0 Å². The summed E-state index contributed by atoms with van der Waals surface area (Å²) in [5, 5.41) is 3.70. The smallest absolute Gasteiger partial charge is 0.310 e. The Morgan fingerprint density at radius 1 is 1.24 bits per heavy atom. The van der Waals surface area contributed by atoms with Gasteiger partial charge in [0.05, 0.1) is 12.5 Å². The fourth-order valence-electron chi connectivity index (χ4n) is 4.63. The van der Waals surface area contributed by atoms with Crippen molar-refractivity contribution in [1.82, 2.24) is 10.2 Å². The predicted octanol–water partition coefficient (Wildman–Crippen LogP) is 2.18. The number of piperidine rings is 3. The van der Waals surface area contributed by atoms with E-state index < -0.39 is 0 Å². The average molecular weight is 294 g/mol. The Morgan fingerprint density at radius 3 is 2.86 bits per heavy atom. The van der Waals surface area contributed by atoms with Crippen LogP contribution in [-0.2, 0) is 9.53 Å². The number of ether oxygens (including phenoxy) is 1. The normalized spacial score (nSPS) is 37.8. The summed E-state index contributed by atoms with van der Waals surface area (Å²) >= 11 is 0. The zero-order valence-corrected chi connectivity index (χ0v) is 13.4. The second-order valence-electron chi connectivity index (χ2n) is 6.97. The molecule has 0 bridgehead atoms. The maximum Gasteiger partial charge on any atom is 0.310 e. The molecule has 3 aliphatic heterocycles. The first-order valence-corrected chi connectivity index (χ1v) is 8.93. The van der Waals surface area contributed by atoms with Crippen LogP contribution >= 0.6 is 0 Å². The molecule has 3 fully saturated rings. The molecule has 3 heterocycles. The third-order valence-electron chi connectivity index (χ3n) is 5.66. The molecule has 0 aromatic heterocycles. The zero-order chi connectivity index (χ0) is 14.7. The van der Waals surface area contributed by atoms with Crippen molar-refractivity contribution in [2.45, 2.75) is 64.0 Å². The first-order chi connectivity index (χ1) is 10.3. The van der Waals surface area contributed by atoms with Crippen molar-refractivity contribution >= 4 is 5.97 Å². The van der Waals surface area contributed by atoms with Gasteiger partial charge < -0.3 is 10.1 Å². The Kier molecular flexibility index (Phi) is 5.17. The van der Waals surface area contributed by atoms with Crippen molar-refractivity contribution in [3.8, 4) is 0 Å². The summed E-state index contributed by atoms with van der Waals surface area (Å²) < 4.78 is 5.38. The third kappa shape index (κ3) is 3.42. The molecule has 0 spiro atoms. The molecular weight excluding hydrogens is 264 g/mol. The molecule has 4 unspecified atom stereocenters. The summed E-state index contributed by atoms with van der Waals surface area (Å²) in [5.41, 5.74) is 0. The number of nitrogens with one attached hydrogen (secondary N) is 1. The molecule has 4 nitrogen and oxygen atoms in total. The molecule has 0 aromatic rings. The second-order valence-corrected chi connectivity index (χ2v) is 6.97. The van der Waals surface area contributed by atoms with Crippen molar-refractivity contribution in [1.29, 1.82) is 0 Å². The highest BCUT2D eigenvalue weighted by atomic mass is 16.5. The minimum Gasteiger partial charge on any atom is -0.466 e. The second kappa shape index (κ2) is 7.10. The number of hydrogen-bond donors (Lipinski definition) is 1. The SMILES string of the molecule is CCOC(=O)C1CC(C2CCCCN2)CN2CCCCC12. The molecule has 1 N–H and O–H groups in total. The van der Waals surface area contributed by atoms with Gasteiger partial charge in [-0.05, 0) is 58.0 Å². The van der Waals surface area contributed by atoms with Crippen molar-refractivity contribution in [2.24, 2.45) is 11.8 Å². The summed E-state index contributed by atoms with van der Waals surface area (Å²) in [5.74, 6) is 0.775. The molecule has 0 radical (unpaired) electrons. The van der Waals surface area contributed by atoms with E-state index in [1.54, 1.807) is 0 Å². The highest BCUT2D eigenvalue weighted by Gasteiger charge is 2.43. The van der Waals surface area contributed by atoms with Crippen LogP contribution in [0.4, 0.5) is 0 Å². The van der Waals surface area contributed by atoms with Gasteiger partial charge in [-0.3, -0.25) is 9.69 Å². The maximum atomic E-state index is 12.4. The monoisotopic (exact) mass is 294 g/mol. The Balaban J connectivity index is 1.71. The Bertz CT molecular complexity index is 355. The molecule has 0 saturated carbocycles. The predicted molar refractivity (Wildman–Crippen MR) is 83.1 cm³/mol. The van der Waals surface area contributed by atoms with Crippen LogP contribution in [0.25, 0.3) is 0 Å². The van der Waals surface area contributed by atoms with Gasteiger partial charge in [0.25, 0.3) is 0 Å². The number of carbonyl (C=O) groups is 1. The molecular formula is C17H30N2O2. The van der Waals surface area contributed by atoms with Crippen molar-refractivity contribution in [2.75, 3.05) is 26.2 Å². The fraction of sp³-hybridized carbons (Fsp3) is 0.941. The Hall–Kier alpha value is -0.610. The van der Waals surface area contributed by atoms with Crippen LogP contribution in [-0.4, -0.2) is 49.2 Å². The quantitative estimate of drug-likeness (QED) is 0.810. The molecule has 3 saturated heterocycles. The molecule has 21 heavy (non-hydrogen) atoms. The summed E-state index contributed by atoms with van der Waals surface area (Å²) in [6.07, 6.45) is 8.67. The van der Waals surface area contributed by atoms with Gasteiger partial charge in [-0.1, -0.05) is 12.8 Å². The van der Waals surface area contributed by atoms with E-state index in [4.69, 9.17) is 4.74 Å². The van der Waals surface area contributed by atoms with Gasteiger partial charge in [-0.2, -0.15) is 0 Å². The van der Waals surface area contributed by atoms with Crippen LogP contribution in [0.1, 0.15) is 51.9 Å². The fourth-order valence-corrected chi connectivity index (χ4v) is 4.63. The van der Waals surface area contributed by atoms with Gasteiger partial charge in [-0.25, -0.2) is 0 Å². The van der Waals surface area contributed by atoms with Gasteiger partial charge in [0, 0.05) is 18.6 Å². The molecule has 4 heteroatoms. The van der Waals surface area contributed by atoms with E-state index in [0.717, 1.165) is 13.0 Å². The zero-order valence-electron chi connectivity index (χ0n) is 13.4. The lowest BCUT2D eigenvalue weighted by atomic mass is 9.75. The minimum absolute atomic E-state index is 0.0508. The van der Waals surface area contributed by atoms with E-state index >= 15 is 0 Å². The van der Waals surface area contributed by atoms with Crippen molar-refractivity contribution in [3.63, 3.8) is 0 Å². The maximum absolute atomic E-state index is 12.4. The highest BCUT2D eigenvalue weighted by molar-refractivity contribution is 5.73. The van der Waals surface area contributed by atoms with Crippen LogP contribution < -0.4 is 5.32 Å². The lowest BCUT2D eigenvalue weighted by molar-refractivity contribution is -0.155. The van der Waals surface area contributed by atoms with Crippen LogP contribution in [0.2, 0.25) is 0 Å². The number of fused-ring (bicyclic) bond motifs is 1. The molecule has 3 rings (SSSR count). The van der Waals surface area contributed by atoms with E-state index in [2.05, 4.69) is 10.2 Å². The van der Waals surface area contributed by atoms with E-state index in [9.17, 15) is 4.79 Å². The molecule has 0 aliphatic carbocycles.